The van der Waals surface area contributed by atoms with E-state index < -0.39 is 0 Å². The lowest BCUT2D eigenvalue weighted by Crippen LogP contribution is -2.26. The summed E-state index contributed by atoms with van der Waals surface area (Å²) in [5.41, 5.74) is 14.2. The largest absolute Gasteiger partial charge is 0.496 e. The summed E-state index contributed by atoms with van der Waals surface area (Å²) in [6.45, 7) is 4.47. The van der Waals surface area contributed by atoms with Crippen molar-refractivity contribution >= 4 is 22.9 Å². The van der Waals surface area contributed by atoms with E-state index in [0.29, 0.717) is 5.82 Å². The fourth-order valence-corrected chi connectivity index (χ4v) is 8.89. The first kappa shape index (κ1) is 40.7. The molecule has 0 aliphatic rings. The summed E-state index contributed by atoms with van der Waals surface area (Å²) in [4.78, 5) is 10.9. The van der Waals surface area contributed by atoms with Crippen LogP contribution in [0.15, 0.2) is 218 Å². The van der Waals surface area contributed by atoms with E-state index in [1.807, 2.05) is 42.5 Å². The van der Waals surface area contributed by atoms with Gasteiger partial charge in [0.25, 0.3) is 0 Å². The molecule has 10 aromatic rings. The lowest BCUT2D eigenvalue weighted by atomic mass is 9.88. The highest BCUT2D eigenvalue weighted by atomic mass is 16.5. The molecule has 0 fully saturated rings. The average Bonchev–Trinajstić information content (AvgIpc) is 3.37. The van der Waals surface area contributed by atoms with E-state index >= 15 is 0 Å². The van der Waals surface area contributed by atoms with Crippen molar-refractivity contribution in [1.82, 2.24) is 9.97 Å². The number of fused-ring (bicyclic) bond motifs is 1. The number of methoxy groups -OCH3 is 2. The van der Waals surface area contributed by atoms with Gasteiger partial charge in [0.2, 0.25) is 0 Å². The number of aromatic nitrogens is 2. The zero-order valence-corrected chi connectivity index (χ0v) is 36.4. The maximum absolute atomic E-state index is 6.01. The Labute approximate surface area is 380 Å². The summed E-state index contributed by atoms with van der Waals surface area (Å²) in [6.07, 6.45) is 0.726. The number of ether oxygens (including phenoxy) is 2. The van der Waals surface area contributed by atoms with E-state index in [-0.39, 0.29) is 0 Å². The van der Waals surface area contributed by atoms with Gasteiger partial charge in [0.15, 0.2) is 5.82 Å². The standard InChI is InChI=1S/C61H46N2O2/c1-41-18-7-11-26-51(41)57(50-37-36-44-21-8-9-22-46(44)40-50)52-27-12-10-23-48(52)38-42-32-34-45(35-33-42)61-62-59(53-28-13-15-30-55(53)64-2)58(60(63-61)54-29-14-16-31-56(54)65-3)49-25-17-24-47(39-49)43-19-5-4-6-20-43/h4-37,39-40H,1,38H2,2-3H3. The zero-order valence-electron chi connectivity index (χ0n) is 36.4. The molecule has 0 unspecified atom stereocenters. The van der Waals surface area contributed by atoms with Gasteiger partial charge in [-0.25, -0.2) is 9.97 Å². The topological polar surface area (TPSA) is 44.2 Å². The molecule has 1 heterocycles. The van der Waals surface area contributed by atoms with E-state index in [4.69, 9.17) is 19.4 Å². The number of nitrogens with zero attached hydrogens (tertiary/aromatic N) is 2. The molecule has 0 saturated heterocycles. The molecule has 0 radical (unpaired) electrons. The van der Waals surface area contributed by atoms with Gasteiger partial charge in [0.1, 0.15) is 11.5 Å². The van der Waals surface area contributed by atoms with E-state index in [2.05, 4.69) is 183 Å². The molecule has 0 N–H and O–H groups in total. The second-order valence-electron chi connectivity index (χ2n) is 16.1. The summed E-state index contributed by atoms with van der Waals surface area (Å²) >= 11 is 0. The van der Waals surface area contributed by atoms with E-state index in [9.17, 15) is 0 Å². The number of rotatable bonds is 11. The van der Waals surface area contributed by atoms with Gasteiger partial charge in [-0.3, -0.25) is 0 Å². The smallest absolute Gasteiger partial charge is 0.160 e. The van der Waals surface area contributed by atoms with Crippen molar-refractivity contribution in [2.24, 2.45) is 0 Å². The summed E-state index contributed by atoms with van der Waals surface area (Å²) in [5.74, 6) is 2.04. The van der Waals surface area contributed by atoms with Crippen LogP contribution in [0, 0.1) is 0 Å². The Morgan fingerprint density at radius 3 is 1.75 bits per heavy atom. The second kappa shape index (κ2) is 18.2. The molecule has 0 amide bonds. The van der Waals surface area contributed by atoms with Crippen molar-refractivity contribution in [3.8, 4) is 67.7 Å². The Hall–Kier alpha value is -8.34. The molecule has 4 heteroatoms. The third-order valence-corrected chi connectivity index (χ3v) is 12.1. The van der Waals surface area contributed by atoms with Crippen molar-refractivity contribution in [2.45, 2.75) is 6.42 Å². The summed E-state index contributed by atoms with van der Waals surface area (Å²) in [6, 6.07) is 76.3. The van der Waals surface area contributed by atoms with Gasteiger partial charge in [-0.1, -0.05) is 189 Å². The maximum atomic E-state index is 6.01. The lowest BCUT2D eigenvalue weighted by Gasteiger charge is -2.20. The second-order valence-corrected chi connectivity index (χ2v) is 16.1. The lowest BCUT2D eigenvalue weighted by molar-refractivity contribution is 0.416. The Morgan fingerprint density at radius 1 is 0.462 bits per heavy atom. The van der Waals surface area contributed by atoms with Crippen LogP contribution in [-0.4, -0.2) is 24.2 Å². The molecule has 0 aliphatic heterocycles. The molecule has 0 saturated carbocycles. The first-order chi connectivity index (χ1) is 32.1. The van der Waals surface area contributed by atoms with Gasteiger partial charge in [0, 0.05) is 22.3 Å². The summed E-state index contributed by atoms with van der Waals surface area (Å²) in [5, 5.41) is 4.53. The minimum Gasteiger partial charge on any atom is -0.496 e. The molecule has 4 nitrogen and oxygen atoms in total. The molecule has 312 valence electrons. The van der Waals surface area contributed by atoms with Crippen molar-refractivity contribution in [2.75, 3.05) is 14.2 Å². The first-order valence-corrected chi connectivity index (χ1v) is 21.9. The van der Waals surface area contributed by atoms with Crippen molar-refractivity contribution in [3.05, 3.63) is 251 Å². The Bertz CT molecular complexity index is 3380. The predicted molar refractivity (Wildman–Crippen MR) is 268 cm³/mol. The molecule has 9 aromatic carbocycles. The van der Waals surface area contributed by atoms with Crippen LogP contribution in [0.4, 0.5) is 0 Å². The molecule has 0 spiro atoms. The van der Waals surface area contributed by atoms with Crippen LogP contribution < -0.4 is 19.9 Å². The quantitative estimate of drug-likeness (QED) is 0.130. The predicted octanol–water partition coefficient (Wildman–Crippen LogP) is 13.2. The van der Waals surface area contributed by atoms with Crippen LogP contribution in [-0.2, 0) is 6.42 Å². The number of hydrogen-bond acceptors (Lipinski definition) is 4. The van der Waals surface area contributed by atoms with Crippen LogP contribution in [0.5, 0.6) is 11.5 Å². The molecule has 10 rings (SSSR count). The van der Waals surface area contributed by atoms with Crippen LogP contribution >= 0.6 is 0 Å². The van der Waals surface area contributed by atoms with Crippen molar-refractivity contribution in [1.29, 1.82) is 0 Å². The highest BCUT2D eigenvalue weighted by molar-refractivity contribution is 5.96. The highest BCUT2D eigenvalue weighted by Crippen LogP contribution is 2.45. The molecule has 65 heavy (non-hydrogen) atoms. The van der Waals surface area contributed by atoms with E-state index in [1.165, 1.54) is 33.0 Å². The fraction of sp³-hybridized carbons (Fsp3) is 0.0492. The minimum absolute atomic E-state index is 0.598. The SMILES string of the molecule is C=c1ccccc1=C(c1ccc2ccccc2c1)c1ccccc1Cc1ccc(-c2nc(-c3ccccc3OC)c(-c3cccc(-c4ccccc4)c3)c(-c3ccccc3OC)n2)cc1. The van der Waals surface area contributed by atoms with Gasteiger partial charge in [-0.05, 0) is 109 Å². The molecule has 0 atom stereocenters. The minimum atomic E-state index is 0.598. The third-order valence-electron chi connectivity index (χ3n) is 12.1. The van der Waals surface area contributed by atoms with Gasteiger partial charge >= 0.3 is 0 Å². The van der Waals surface area contributed by atoms with Gasteiger partial charge < -0.3 is 9.47 Å². The monoisotopic (exact) mass is 838 g/mol. The van der Waals surface area contributed by atoms with E-state index in [1.54, 1.807) is 14.2 Å². The normalized spacial score (nSPS) is 11.6. The van der Waals surface area contributed by atoms with Crippen LogP contribution in [0.2, 0.25) is 0 Å². The van der Waals surface area contributed by atoms with E-state index in [0.717, 1.165) is 84.3 Å². The Kier molecular flexibility index (Phi) is 11.4. The molecular weight excluding hydrogens is 793 g/mol. The summed E-state index contributed by atoms with van der Waals surface area (Å²) < 4.78 is 12.0. The number of para-hydroxylation sites is 2. The summed E-state index contributed by atoms with van der Waals surface area (Å²) in [7, 11) is 3.41. The highest BCUT2D eigenvalue weighted by Gasteiger charge is 2.24. The van der Waals surface area contributed by atoms with Gasteiger partial charge in [-0.15, -0.1) is 0 Å². The van der Waals surface area contributed by atoms with Gasteiger partial charge in [-0.2, -0.15) is 0 Å². The zero-order chi connectivity index (χ0) is 44.1. The third kappa shape index (κ3) is 8.22. The average molecular weight is 839 g/mol. The van der Waals surface area contributed by atoms with Crippen molar-refractivity contribution < 1.29 is 9.47 Å². The van der Waals surface area contributed by atoms with Crippen LogP contribution in [0.1, 0.15) is 22.3 Å². The fourth-order valence-electron chi connectivity index (χ4n) is 8.89. The molecule has 1 aromatic heterocycles. The van der Waals surface area contributed by atoms with Crippen LogP contribution in [0.25, 0.3) is 79.1 Å². The first-order valence-electron chi connectivity index (χ1n) is 21.9. The van der Waals surface area contributed by atoms with Crippen molar-refractivity contribution in [3.63, 3.8) is 0 Å². The van der Waals surface area contributed by atoms with Crippen LogP contribution in [0.3, 0.4) is 0 Å². The Balaban J connectivity index is 1.11. The maximum Gasteiger partial charge on any atom is 0.160 e. The van der Waals surface area contributed by atoms with Gasteiger partial charge in [0.05, 0.1) is 25.6 Å². The number of benzene rings is 9. The molecule has 0 aliphatic carbocycles. The Morgan fingerprint density at radius 2 is 1.05 bits per heavy atom. The molecule has 0 bridgehead atoms. The molecular formula is C61H46N2O2. The number of hydrogen-bond donors (Lipinski definition) is 0.